The number of ether oxygens (including phenoxy) is 2. The van der Waals surface area contributed by atoms with Crippen molar-refractivity contribution in [1.29, 1.82) is 0 Å². The first-order chi connectivity index (χ1) is 20.7. The molecule has 3 atom stereocenters. The molecule has 0 aromatic heterocycles. The highest BCUT2D eigenvalue weighted by Crippen LogP contribution is 2.43. The summed E-state index contributed by atoms with van der Waals surface area (Å²) in [6.45, 7) is 3.78. The van der Waals surface area contributed by atoms with Gasteiger partial charge in [-0.15, -0.1) is 0 Å². The standard InChI is InChI=1S/C32H62NO9P/c1-3-5-7-9-11-13-14-15-17-19-21-23-25-39-26-29(27-40-43(37,38)41-28-30(33)32(35)36)42-31(34)24-22-20-18-16-12-10-8-6-4-2/h9,11,29-30H,3-8,10,12-28,33H2,1-2H3,(H,35,36)(H,37,38)/b11-9-. The number of hydrogen-bond donors (Lipinski definition) is 3. The molecular weight excluding hydrogens is 573 g/mol. The third-order valence-electron chi connectivity index (χ3n) is 7.04. The largest absolute Gasteiger partial charge is 0.480 e. The Balaban J connectivity index is 4.36. The second-order valence-electron chi connectivity index (χ2n) is 11.3. The maximum absolute atomic E-state index is 12.4. The van der Waals surface area contributed by atoms with Crippen LogP contribution in [0.15, 0.2) is 12.2 Å². The lowest BCUT2D eigenvalue weighted by molar-refractivity contribution is -0.154. The maximum atomic E-state index is 12.4. The van der Waals surface area contributed by atoms with Crippen LogP contribution in [0.25, 0.3) is 0 Å². The molecule has 0 bridgehead atoms. The van der Waals surface area contributed by atoms with Crippen LogP contribution in [0, 0.1) is 0 Å². The summed E-state index contributed by atoms with van der Waals surface area (Å²) in [5.41, 5.74) is 5.31. The number of carbonyl (C=O) groups excluding carboxylic acids is 1. The number of nitrogens with two attached hydrogens (primary N) is 1. The van der Waals surface area contributed by atoms with E-state index in [4.69, 9.17) is 24.8 Å². The number of hydrogen-bond acceptors (Lipinski definition) is 8. The summed E-state index contributed by atoms with van der Waals surface area (Å²) in [4.78, 5) is 33.2. The molecular formula is C32H62NO9P. The first-order valence-corrected chi connectivity index (χ1v) is 18.2. The Hall–Kier alpha value is -1.29. The Morgan fingerprint density at radius 3 is 1.84 bits per heavy atom. The van der Waals surface area contributed by atoms with Gasteiger partial charge in [0.2, 0.25) is 0 Å². The van der Waals surface area contributed by atoms with Gasteiger partial charge in [-0.25, -0.2) is 4.57 Å². The van der Waals surface area contributed by atoms with E-state index in [1.165, 1.54) is 70.6 Å². The van der Waals surface area contributed by atoms with Crippen molar-refractivity contribution >= 4 is 19.8 Å². The zero-order chi connectivity index (χ0) is 32.0. The lowest BCUT2D eigenvalue weighted by Crippen LogP contribution is -2.34. The average molecular weight is 636 g/mol. The summed E-state index contributed by atoms with van der Waals surface area (Å²) in [7, 11) is -4.60. The molecule has 0 saturated heterocycles. The van der Waals surface area contributed by atoms with Gasteiger partial charge in [-0.3, -0.25) is 18.6 Å². The summed E-state index contributed by atoms with van der Waals surface area (Å²) in [6, 6.07) is -1.47. The molecule has 254 valence electrons. The van der Waals surface area contributed by atoms with Gasteiger partial charge in [-0.05, 0) is 32.1 Å². The van der Waals surface area contributed by atoms with Gasteiger partial charge in [0, 0.05) is 13.0 Å². The number of phosphoric acid groups is 1. The number of carboxylic acids is 1. The molecule has 11 heteroatoms. The highest BCUT2D eigenvalue weighted by Gasteiger charge is 2.27. The Morgan fingerprint density at radius 2 is 1.23 bits per heavy atom. The number of allylic oxidation sites excluding steroid dienone is 2. The first kappa shape index (κ1) is 41.7. The van der Waals surface area contributed by atoms with Crippen LogP contribution < -0.4 is 5.73 Å². The number of unbranched alkanes of at least 4 members (excludes halogenated alkanes) is 16. The zero-order valence-corrected chi connectivity index (χ0v) is 28.0. The minimum atomic E-state index is -4.60. The van der Waals surface area contributed by atoms with Crippen molar-refractivity contribution < 1.29 is 42.7 Å². The summed E-state index contributed by atoms with van der Waals surface area (Å²) in [5.74, 6) is -1.78. The van der Waals surface area contributed by atoms with E-state index >= 15 is 0 Å². The molecule has 0 aromatic rings. The number of rotatable bonds is 32. The van der Waals surface area contributed by atoms with Crippen molar-refractivity contribution in [3.8, 4) is 0 Å². The molecule has 0 amide bonds. The Labute approximate surface area is 261 Å². The van der Waals surface area contributed by atoms with Crippen molar-refractivity contribution in [2.45, 2.75) is 154 Å². The van der Waals surface area contributed by atoms with Crippen molar-refractivity contribution in [1.82, 2.24) is 0 Å². The Morgan fingerprint density at radius 1 is 0.721 bits per heavy atom. The molecule has 0 rings (SSSR count). The van der Waals surface area contributed by atoms with Gasteiger partial charge in [0.05, 0.1) is 19.8 Å². The van der Waals surface area contributed by atoms with E-state index in [0.717, 1.165) is 44.9 Å². The lowest BCUT2D eigenvalue weighted by atomic mass is 10.1. The van der Waals surface area contributed by atoms with Gasteiger partial charge in [-0.1, -0.05) is 116 Å². The predicted molar refractivity (Wildman–Crippen MR) is 171 cm³/mol. The van der Waals surface area contributed by atoms with Crippen LogP contribution in [0.3, 0.4) is 0 Å². The van der Waals surface area contributed by atoms with Crippen LogP contribution in [-0.4, -0.2) is 60.5 Å². The van der Waals surface area contributed by atoms with Gasteiger partial charge in [0.25, 0.3) is 0 Å². The van der Waals surface area contributed by atoms with Crippen LogP contribution in [0.5, 0.6) is 0 Å². The van der Waals surface area contributed by atoms with Crippen molar-refractivity contribution in [3.63, 3.8) is 0 Å². The molecule has 3 unspecified atom stereocenters. The van der Waals surface area contributed by atoms with Crippen LogP contribution >= 0.6 is 7.82 Å². The molecule has 0 aliphatic heterocycles. The Kier molecular flexibility index (Phi) is 28.5. The van der Waals surface area contributed by atoms with Crippen LogP contribution in [0.4, 0.5) is 0 Å². The molecule has 0 heterocycles. The number of carboxylic acid groups (broad SMARTS) is 1. The monoisotopic (exact) mass is 635 g/mol. The quantitative estimate of drug-likeness (QED) is 0.0288. The van der Waals surface area contributed by atoms with Gasteiger partial charge >= 0.3 is 19.8 Å². The summed E-state index contributed by atoms with van der Waals surface area (Å²) >= 11 is 0. The highest BCUT2D eigenvalue weighted by molar-refractivity contribution is 7.47. The fourth-order valence-corrected chi connectivity index (χ4v) is 5.13. The van der Waals surface area contributed by atoms with E-state index in [1.807, 2.05) is 0 Å². The maximum Gasteiger partial charge on any atom is 0.472 e. The van der Waals surface area contributed by atoms with Crippen molar-refractivity contribution in [2.75, 3.05) is 26.4 Å². The SMILES string of the molecule is CCCC/C=C\CCCCCCCCOCC(COP(=O)(O)OCC(N)C(=O)O)OC(=O)CCCCCCCCCCC. The van der Waals surface area contributed by atoms with Crippen LogP contribution in [-0.2, 0) is 32.7 Å². The normalized spacial score (nSPS) is 14.5. The first-order valence-electron chi connectivity index (χ1n) is 16.7. The highest BCUT2D eigenvalue weighted by atomic mass is 31.2. The number of aliphatic carboxylic acids is 1. The number of phosphoric ester groups is 1. The summed E-state index contributed by atoms with van der Waals surface area (Å²) in [6.07, 6.45) is 25.6. The minimum absolute atomic E-state index is 0.0164. The fraction of sp³-hybridized carbons (Fsp3) is 0.875. The van der Waals surface area contributed by atoms with E-state index in [1.54, 1.807) is 0 Å². The van der Waals surface area contributed by atoms with Crippen molar-refractivity contribution in [2.24, 2.45) is 5.73 Å². The lowest BCUT2D eigenvalue weighted by Gasteiger charge is -2.20. The van der Waals surface area contributed by atoms with Gasteiger partial charge in [0.15, 0.2) is 0 Å². The van der Waals surface area contributed by atoms with E-state index in [-0.39, 0.29) is 13.0 Å². The average Bonchev–Trinajstić information content (AvgIpc) is 2.97. The smallest absolute Gasteiger partial charge is 0.472 e. The number of esters is 1. The predicted octanol–water partition coefficient (Wildman–Crippen LogP) is 7.86. The molecule has 0 aliphatic rings. The second-order valence-corrected chi connectivity index (χ2v) is 12.7. The second kappa shape index (κ2) is 29.4. The molecule has 0 aromatic carbocycles. The Bertz CT molecular complexity index is 750. The van der Waals surface area contributed by atoms with E-state index < -0.39 is 45.1 Å². The molecule has 10 nitrogen and oxygen atoms in total. The van der Waals surface area contributed by atoms with Gasteiger partial charge in [-0.2, -0.15) is 0 Å². The van der Waals surface area contributed by atoms with Gasteiger partial charge < -0.3 is 25.2 Å². The number of carbonyl (C=O) groups is 2. The van der Waals surface area contributed by atoms with Crippen LogP contribution in [0.2, 0.25) is 0 Å². The van der Waals surface area contributed by atoms with E-state index in [0.29, 0.717) is 13.0 Å². The molecule has 0 radical (unpaired) electrons. The fourth-order valence-electron chi connectivity index (χ4n) is 4.35. The summed E-state index contributed by atoms with van der Waals surface area (Å²) < 4.78 is 33.0. The zero-order valence-electron chi connectivity index (χ0n) is 27.1. The molecule has 0 fully saturated rings. The molecule has 0 aliphatic carbocycles. The van der Waals surface area contributed by atoms with Crippen molar-refractivity contribution in [3.05, 3.63) is 12.2 Å². The van der Waals surface area contributed by atoms with Crippen LogP contribution in [0.1, 0.15) is 142 Å². The van der Waals surface area contributed by atoms with Gasteiger partial charge in [0.1, 0.15) is 12.1 Å². The third kappa shape index (κ3) is 29.2. The molecule has 0 spiro atoms. The van der Waals surface area contributed by atoms with E-state index in [9.17, 15) is 19.0 Å². The summed E-state index contributed by atoms with van der Waals surface area (Å²) in [5, 5.41) is 8.82. The minimum Gasteiger partial charge on any atom is -0.480 e. The van der Waals surface area contributed by atoms with E-state index in [2.05, 4.69) is 30.5 Å². The molecule has 0 saturated carbocycles. The molecule has 4 N–H and O–H groups in total. The molecule has 43 heavy (non-hydrogen) atoms. The third-order valence-corrected chi connectivity index (χ3v) is 8.00. The topological polar surface area (TPSA) is 155 Å².